The van der Waals surface area contributed by atoms with Crippen molar-refractivity contribution < 1.29 is 4.39 Å². The molecule has 0 aromatic heterocycles. The van der Waals surface area contributed by atoms with E-state index in [9.17, 15) is 4.39 Å². The minimum atomic E-state index is -0.260. The van der Waals surface area contributed by atoms with Gasteiger partial charge in [-0.05, 0) is 23.8 Å². The third-order valence-corrected chi connectivity index (χ3v) is 1.69. The van der Waals surface area contributed by atoms with Gasteiger partial charge in [0.1, 0.15) is 5.82 Å². The van der Waals surface area contributed by atoms with Crippen molar-refractivity contribution in [1.29, 1.82) is 0 Å². The summed E-state index contributed by atoms with van der Waals surface area (Å²) in [5, 5.41) is 0. The molecule has 56 valence electrons. The zero-order valence-corrected chi connectivity index (χ0v) is 7.36. The Kier molecular flexibility index (Phi) is 2.67. The molecule has 1 aromatic carbocycles. The number of hydrogen-bond donors (Lipinski definition) is 0. The molecular weight excluding hydrogens is 207 g/mol. The molecule has 11 heavy (non-hydrogen) atoms. The zero-order valence-electron chi connectivity index (χ0n) is 5.77. The Morgan fingerprint density at radius 1 is 1.45 bits per heavy atom. The summed E-state index contributed by atoms with van der Waals surface area (Å²) in [5.74, 6) is 2.19. The van der Waals surface area contributed by atoms with Crippen LogP contribution in [0.2, 0.25) is 0 Å². The Bertz CT molecular complexity index is 279. The lowest BCUT2D eigenvalue weighted by Crippen LogP contribution is -1.83. The van der Waals surface area contributed by atoms with Gasteiger partial charge in [0.05, 0.1) is 0 Å². The van der Waals surface area contributed by atoms with Gasteiger partial charge in [0, 0.05) is 10.9 Å². The molecule has 0 N–H and O–H groups in total. The molecule has 0 bridgehead atoms. The summed E-state index contributed by atoms with van der Waals surface area (Å²) in [7, 11) is 0. The minimum absolute atomic E-state index is 0.260. The first-order chi connectivity index (χ1) is 5.22. The van der Waals surface area contributed by atoms with E-state index in [4.69, 9.17) is 6.42 Å². The summed E-state index contributed by atoms with van der Waals surface area (Å²) in [4.78, 5) is 0. The van der Waals surface area contributed by atoms with Crippen molar-refractivity contribution in [2.24, 2.45) is 0 Å². The fourth-order valence-corrected chi connectivity index (χ4v) is 1.34. The molecule has 0 nitrogen and oxygen atoms in total. The molecule has 0 aliphatic carbocycles. The highest BCUT2D eigenvalue weighted by Gasteiger charge is 1.96. The molecule has 0 fully saturated rings. The zero-order chi connectivity index (χ0) is 8.27. The molecule has 0 aliphatic heterocycles. The molecule has 0 saturated heterocycles. The average molecular weight is 213 g/mol. The lowest BCUT2D eigenvalue weighted by atomic mass is 10.2. The van der Waals surface area contributed by atoms with Crippen LogP contribution in [0.1, 0.15) is 5.56 Å². The van der Waals surface area contributed by atoms with Gasteiger partial charge in [-0.1, -0.05) is 15.9 Å². The monoisotopic (exact) mass is 212 g/mol. The van der Waals surface area contributed by atoms with Gasteiger partial charge in [0.2, 0.25) is 0 Å². The highest BCUT2D eigenvalue weighted by molar-refractivity contribution is 9.10. The van der Waals surface area contributed by atoms with Crippen molar-refractivity contribution >= 4 is 15.9 Å². The molecule has 0 saturated carbocycles. The standard InChI is InChI=1S/C9H6BrF/c1-2-3-7-4-8(10)6-9(11)5-7/h1,4-6H,3H2. The molecule has 0 unspecified atom stereocenters. The highest BCUT2D eigenvalue weighted by atomic mass is 79.9. The summed E-state index contributed by atoms with van der Waals surface area (Å²) < 4.78 is 13.4. The number of hydrogen-bond acceptors (Lipinski definition) is 0. The van der Waals surface area contributed by atoms with Crippen LogP contribution in [-0.4, -0.2) is 0 Å². The van der Waals surface area contributed by atoms with Crippen molar-refractivity contribution in [3.8, 4) is 12.3 Å². The minimum Gasteiger partial charge on any atom is -0.207 e. The molecule has 1 aromatic rings. The van der Waals surface area contributed by atoms with Crippen molar-refractivity contribution in [3.63, 3.8) is 0 Å². The SMILES string of the molecule is C#CCc1cc(F)cc(Br)c1. The van der Waals surface area contributed by atoms with Crippen LogP contribution in [0.4, 0.5) is 4.39 Å². The van der Waals surface area contributed by atoms with Gasteiger partial charge >= 0.3 is 0 Å². The molecule has 0 radical (unpaired) electrons. The fraction of sp³-hybridized carbons (Fsp3) is 0.111. The third-order valence-electron chi connectivity index (χ3n) is 1.23. The molecular formula is C9H6BrF. The van der Waals surface area contributed by atoms with Crippen LogP contribution in [0.25, 0.3) is 0 Å². The van der Waals surface area contributed by atoms with Crippen LogP contribution in [-0.2, 0) is 6.42 Å². The maximum atomic E-state index is 12.7. The summed E-state index contributed by atoms with van der Waals surface area (Å²) in [6.07, 6.45) is 5.54. The van der Waals surface area contributed by atoms with Crippen molar-refractivity contribution in [2.45, 2.75) is 6.42 Å². The van der Waals surface area contributed by atoms with E-state index in [1.807, 2.05) is 6.07 Å². The van der Waals surface area contributed by atoms with Gasteiger partial charge in [-0.2, -0.15) is 0 Å². The van der Waals surface area contributed by atoms with E-state index in [2.05, 4.69) is 21.9 Å². The van der Waals surface area contributed by atoms with Crippen LogP contribution in [0.5, 0.6) is 0 Å². The predicted octanol–water partition coefficient (Wildman–Crippen LogP) is 2.76. The smallest absolute Gasteiger partial charge is 0.124 e. The Balaban J connectivity index is 3.01. The Morgan fingerprint density at radius 2 is 2.18 bits per heavy atom. The largest absolute Gasteiger partial charge is 0.207 e. The number of halogens is 2. The summed E-state index contributed by atoms with van der Waals surface area (Å²) >= 11 is 3.17. The second kappa shape index (κ2) is 3.54. The Hall–Kier alpha value is -0.810. The molecule has 0 atom stereocenters. The van der Waals surface area contributed by atoms with Crippen LogP contribution >= 0.6 is 15.9 Å². The molecule has 0 aliphatic rings. The Morgan fingerprint density at radius 3 is 2.73 bits per heavy atom. The normalized spacial score (nSPS) is 9.18. The maximum absolute atomic E-state index is 12.7. The van der Waals surface area contributed by atoms with Gasteiger partial charge in [0.15, 0.2) is 0 Å². The van der Waals surface area contributed by atoms with Crippen LogP contribution < -0.4 is 0 Å². The molecule has 2 heteroatoms. The first-order valence-corrected chi connectivity index (χ1v) is 3.90. The molecule has 1 rings (SSSR count). The van der Waals surface area contributed by atoms with Crippen molar-refractivity contribution in [3.05, 3.63) is 34.1 Å². The number of terminal acetylenes is 1. The Labute approximate surface area is 73.6 Å². The van der Waals surface area contributed by atoms with Crippen molar-refractivity contribution in [2.75, 3.05) is 0 Å². The average Bonchev–Trinajstić information content (AvgIpc) is 1.85. The van der Waals surface area contributed by atoms with Gasteiger partial charge in [-0.25, -0.2) is 4.39 Å². The number of rotatable bonds is 1. The summed E-state index contributed by atoms with van der Waals surface area (Å²) in [5.41, 5.74) is 0.819. The third kappa shape index (κ3) is 2.36. The van der Waals surface area contributed by atoms with E-state index < -0.39 is 0 Å². The first kappa shape index (κ1) is 8.29. The quantitative estimate of drug-likeness (QED) is 0.629. The van der Waals surface area contributed by atoms with Gasteiger partial charge in [-0.3, -0.25) is 0 Å². The van der Waals surface area contributed by atoms with E-state index in [0.29, 0.717) is 6.42 Å². The van der Waals surface area contributed by atoms with Crippen LogP contribution in [0.3, 0.4) is 0 Å². The van der Waals surface area contributed by atoms with Gasteiger partial charge in [0.25, 0.3) is 0 Å². The van der Waals surface area contributed by atoms with E-state index in [0.717, 1.165) is 10.0 Å². The van der Waals surface area contributed by atoms with E-state index in [-0.39, 0.29) is 5.82 Å². The van der Waals surface area contributed by atoms with Crippen LogP contribution in [0, 0.1) is 18.2 Å². The maximum Gasteiger partial charge on any atom is 0.124 e. The second-order valence-corrected chi connectivity index (χ2v) is 3.07. The van der Waals surface area contributed by atoms with Crippen LogP contribution in [0.15, 0.2) is 22.7 Å². The summed E-state index contributed by atoms with van der Waals surface area (Å²) in [6, 6.07) is 4.65. The predicted molar refractivity (Wildman–Crippen MR) is 46.6 cm³/mol. The highest BCUT2D eigenvalue weighted by Crippen LogP contribution is 2.14. The number of benzene rings is 1. The lowest BCUT2D eigenvalue weighted by molar-refractivity contribution is 0.625. The van der Waals surface area contributed by atoms with Crippen molar-refractivity contribution in [1.82, 2.24) is 0 Å². The van der Waals surface area contributed by atoms with E-state index in [1.54, 1.807) is 0 Å². The van der Waals surface area contributed by atoms with E-state index in [1.165, 1.54) is 12.1 Å². The topological polar surface area (TPSA) is 0 Å². The van der Waals surface area contributed by atoms with Gasteiger partial charge in [-0.15, -0.1) is 12.3 Å². The summed E-state index contributed by atoms with van der Waals surface area (Å²) in [6.45, 7) is 0. The second-order valence-electron chi connectivity index (χ2n) is 2.16. The molecule has 0 amide bonds. The lowest BCUT2D eigenvalue weighted by Gasteiger charge is -1.96. The first-order valence-electron chi connectivity index (χ1n) is 3.11. The fourth-order valence-electron chi connectivity index (χ4n) is 0.831. The molecule has 0 heterocycles. The van der Waals surface area contributed by atoms with E-state index >= 15 is 0 Å². The van der Waals surface area contributed by atoms with Gasteiger partial charge < -0.3 is 0 Å². The molecule has 0 spiro atoms.